The van der Waals surface area contributed by atoms with E-state index in [0.717, 1.165) is 24.8 Å². The Balaban J connectivity index is 2.32. The number of ketones is 1. The number of hydrogen-bond acceptors (Lipinski definition) is 1. The van der Waals surface area contributed by atoms with Crippen LogP contribution in [0.2, 0.25) is 0 Å². The number of rotatable bonds is 6. The zero-order valence-corrected chi connectivity index (χ0v) is 11.7. The fourth-order valence-corrected chi connectivity index (χ4v) is 2.39. The van der Waals surface area contributed by atoms with E-state index in [9.17, 15) is 9.18 Å². The molecule has 2 aromatic carbocycles. The Morgan fingerprint density at radius 1 is 1.05 bits per heavy atom. The van der Waals surface area contributed by atoms with Crippen molar-refractivity contribution in [3.8, 4) is 0 Å². The molecule has 0 radical (unpaired) electrons. The lowest BCUT2D eigenvalue weighted by Crippen LogP contribution is -2.14. The van der Waals surface area contributed by atoms with Crippen molar-refractivity contribution in [2.45, 2.75) is 32.1 Å². The van der Waals surface area contributed by atoms with Gasteiger partial charge >= 0.3 is 0 Å². The monoisotopic (exact) mass is 270 g/mol. The molecule has 0 aliphatic rings. The van der Waals surface area contributed by atoms with E-state index < -0.39 is 5.82 Å². The number of hydrogen-bond donors (Lipinski definition) is 0. The highest BCUT2D eigenvalue weighted by Gasteiger charge is 2.23. The fourth-order valence-electron chi connectivity index (χ4n) is 2.39. The van der Waals surface area contributed by atoms with Crippen LogP contribution in [0.25, 0.3) is 0 Å². The Kier molecular flexibility index (Phi) is 5.05. The van der Waals surface area contributed by atoms with Crippen LogP contribution in [0, 0.1) is 5.82 Å². The molecule has 0 amide bonds. The van der Waals surface area contributed by atoms with Gasteiger partial charge in [0.1, 0.15) is 5.82 Å². The van der Waals surface area contributed by atoms with Gasteiger partial charge in [0.15, 0.2) is 5.78 Å². The molecule has 0 aliphatic heterocycles. The van der Waals surface area contributed by atoms with Crippen molar-refractivity contribution in [2.24, 2.45) is 0 Å². The smallest absolute Gasteiger partial charge is 0.173 e. The predicted octanol–water partition coefficient (Wildman–Crippen LogP) is 4.98. The zero-order valence-electron chi connectivity index (χ0n) is 11.7. The van der Waals surface area contributed by atoms with Gasteiger partial charge in [-0.25, -0.2) is 4.39 Å². The second kappa shape index (κ2) is 6.99. The Hall–Kier alpha value is -1.96. The minimum absolute atomic E-state index is 0.122. The SMILES string of the molecule is CCCC[C@@H](C(=O)c1ccccc1F)c1ccccc1. The molecule has 0 spiro atoms. The summed E-state index contributed by atoms with van der Waals surface area (Å²) in [5.41, 5.74) is 1.16. The van der Waals surface area contributed by atoms with Crippen LogP contribution < -0.4 is 0 Å². The fraction of sp³-hybridized carbons (Fsp3) is 0.278. The molecule has 0 unspecified atom stereocenters. The molecule has 2 aromatic rings. The third-order valence-corrected chi connectivity index (χ3v) is 3.50. The minimum atomic E-state index is -0.435. The van der Waals surface area contributed by atoms with E-state index in [4.69, 9.17) is 0 Å². The Morgan fingerprint density at radius 2 is 1.70 bits per heavy atom. The Labute approximate surface area is 119 Å². The average Bonchev–Trinajstić information content (AvgIpc) is 2.49. The maximum absolute atomic E-state index is 13.8. The molecule has 1 atom stereocenters. The van der Waals surface area contributed by atoms with Crippen LogP contribution in [0.4, 0.5) is 4.39 Å². The molecule has 2 heteroatoms. The van der Waals surface area contributed by atoms with Crippen LogP contribution in [0.3, 0.4) is 0 Å². The molecule has 104 valence electrons. The second-order valence-electron chi connectivity index (χ2n) is 4.95. The van der Waals surface area contributed by atoms with Gasteiger partial charge in [0.25, 0.3) is 0 Å². The van der Waals surface area contributed by atoms with Crippen molar-refractivity contribution in [1.29, 1.82) is 0 Å². The van der Waals surface area contributed by atoms with Crippen molar-refractivity contribution < 1.29 is 9.18 Å². The van der Waals surface area contributed by atoms with Crippen molar-refractivity contribution in [1.82, 2.24) is 0 Å². The number of unbranched alkanes of at least 4 members (excludes halogenated alkanes) is 1. The molecule has 0 heterocycles. The summed E-state index contributed by atoms with van der Waals surface area (Å²) < 4.78 is 13.8. The molecule has 0 N–H and O–H groups in total. The molecule has 0 saturated heterocycles. The van der Waals surface area contributed by atoms with E-state index in [-0.39, 0.29) is 17.3 Å². The van der Waals surface area contributed by atoms with Gasteiger partial charge in [0, 0.05) is 5.92 Å². The Bertz CT molecular complexity index is 563. The summed E-state index contributed by atoms with van der Waals surface area (Å²) in [4.78, 5) is 12.6. The first-order valence-electron chi connectivity index (χ1n) is 7.07. The topological polar surface area (TPSA) is 17.1 Å². The average molecular weight is 270 g/mol. The quantitative estimate of drug-likeness (QED) is 0.676. The van der Waals surface area contributed by atoms with Gasteiger partial charge in [-0.1, -0.05) is 62.2 Å². The van der Waals surface area contributed by atoms with Crippen LogP contribution in [-0.4, -0.2) is 5.78 Å². The van der Waals surface area contributed by atoms with Crippen molar-refractivity contribution in [2.75, 3.05) is 0 Å². The maximum Gasteiger partial charge on any atom is 0.173 e. The molecule has 0 saturated carbocycles. The predicted molar refractivity (Wildman–Crippen MR) is 79.4 cm³/mol. The Morgan fingerprint density at radius 3 is 2.35 bits per heavy atom. The van der Waals surface area contributed by atoms with Crippen LogP contribution in [-0.2, 0) is 0 Å². The molecule has 0 fully saturated rings. The summed E-state index contributed by atoms with van der Waals surface area (Å²) in [6, 6.07) is 15.9. The number of carbonyl (C=O) groups excluding carboxylic acids is 1. The molecule has 20 heavy (non-hydrogen) atoms. The lowest BCUT2D eigenvalue weighted by molar-refractivity contribution is 0.0950. The van der Waals surface area contributed by atoms with Gasteiger partial charge in [-0.05, 0) is 24.1 Å². The van der Waals surface area contributed by atoms with E-state index in [0.29, 0.717) is 0 Å². The van der Waals surface area contributed by atoms with Gasteiger partial charge in [-0.2, -0.15) is 0 Å². The van der Waals surface area contributed by atoms with E-state index >= 15 is 0 Å². The van der Waals surface area contributed by atoms with E-state index in [2.05, 4.69) is 6.92 Å². The largest absolute Gasteiger partial charge is 0.293 e. The van der Waals surface area contributed by atoms with Gasteiger partial charge in [0.05, 0.1) is 5.56 Å². The lowest BCUT2D eigenvalue weighted by atomic mass is 9.86. The first-order valence-corrected chi connectivity index (χ1v) is 7.07. The lowest BCUT2D eigenvalue weighted by Gasteiger charge is -2.16. The third-order valence-electron chi connectivity index (χ3n) is 3.50. The molecule has 0 bridgehead atoms. The van der Waals surface area contributed by atoms with Crippen LogP contribution in [0.5, 0.6) is 0 Å². The number of halogens is 1. The second-order valence-corrected chi connectivity index (χ2v) is 4.95. The molecular formula is C18H19FO. The number of benzene rings is 2. The summed E-state index contributed by atoms with van der Waals surface area (Å²) in [7, 11) is 0. The van der Waals surface area contributed by atoms with Crippen LogP contribution in [0.15, 0.2) is 54.6 Å². The first kappa shape index (κ1) is 14.4. The summed E-state index contributed by atoms with van der Waals surface area (Å²) >= 11 is 0. The standard InChI is InChI=1S/C18H19FO/c1-2-3-11-15(14-9-5-4-6-10-14)18(20)16-12-7-8-13-17(16)19/h4-10,12-13,15H,2-3,11H2,1H3/t15-/m1/s1. The summed E-state index contributed by atoms with van der Waals surface area (Å²) in [5, 5.41) is 0. The highest BCUT2D eigenvalue weighted by atomic mass is 19.1. The van der Waals surface area contributed by atoms with E-state index in [1.54, 1.807) is 18.2 Å². The molecule has 0 aliphatic carbocycles. The molecular weight excluding hydrogens is 251 g/mol. The van der Waals surface area contributed by atoms with Crippen LogP contribution >= 0.6 is 0 Å². The van der Waals surface area contributed by atoms with Gasteiger partial charge < -0.3 is 0 Å². The molecule has 2 rings (SSSR count). The van der Waals surface area contributed by atoms with Gasteiger partial charge in [-0.15, -0.1) is 0 Å². The minimum Gasteiger partial charge on any atom is -0.293 e. The number of Topliss-reactive ketones (excluding diaryl/α,β-unsaturated/α-hetero) is 1. The van der Waals surface area contributed by atoms with Gasteiger partial charge in [-0.3, -0.25) is 4.79 Å². The van der Waals surface area contributed by atoms with E-state index in [1.807, 2.05) is 30.3 Å². The van der Waals surface area contributed by atoms with Crippen molar-refractivity contribution in [3.63, 3.8) is 0 Å². The van der Waals surface area contributed by atoms with Crippen molar-refractivity contribution >= 4 is 5.78 Å². The van der Waals surface area contributed by atoms with E-state index in [1.165, 1.54) is 6.07 Å². The number of carbonyl (C=O) groups is 1. The van der Waals surface area contributed by atoms with Gasteiger partial charge in [0.2, 0.25) is 0 Å². The maximum atomic E-state index is 13.8. The summed E-state index contributed by atoms with van der Waals surface area (Å²) in [6.07, 6.45) is 2.74. The zero-order chi connectivity index (χ0) is 14.4. The van der Waals surface area contributed by atoms with Crippen LogP contribution in [0.1, 0.15) is 48.0 Å². The normalized spacial score (nSPS) is 12.1. The molecule has 0 aromatic heterocycles. The molecule has 1 nitrogen and oxygen atoms in total. The first-order chi connectivity index (χ1) is 9.74. The van der Waals surface area contributed by atoms with Crippen molar-refractivity contribution in [3.05, 3.63) is 71.5 Å². The summed E-state index contributed by atoms with van der Waals surface area (Å²) in [5.74, 6) is -0.814. The highest BCUT2D eigenvalue weighted by Crippen LogP contribution is 2.27. The summed E-state index contributed by atoms with van der Waals surface area (Å²) in [6.45, 7) is 2.09. The highest BCUT2D eigenvalue weighted by molar-refractivity contribution is 6.01. The third kappa shape index (κ3) is 3.32.